The molecule has 2 aliphatic rings. The van der Waals surface area contributed by atoms with Crippen LogP contribution in [-0.4, -0.2) is 45.9 Å². The highest BCUT2D eigenvalue weighted by Gasteiger charge is 2.38. The minimum absolute atomic E-state index is 0.182. The van der Waals surface area contributed by atoms with Crippen LogP contribution in [0.5, 0.6) is 0 Å². The van der Waals surface area contributed by atoms with E-state index in [1.54, 1.807) is 0 Å². The van der Waals surface area contributed by atoms with Crippen molar-refractivity contribution in [2.45, 2.75) is 101 Å². The van der Waals surface area contributed by atoms with Crippen LogP contribution < -0.4 is 5.32 Å². The summed E-state index contributed by atoms with van der Waals surface area (Å²) in [6.45, 7) is 11.0. The van der Waals surface area contributed by atoms with E-state index in [1.807, 2.05) is 0 Å². The molecule has 0 radical (unpaired) electrons. The largest absolute Gasteiger partial charge is 0.380 e. The van der Waals surface area contributed by atoms with Crippen LogP contribution in [0.15, 0.2) is 0 Å². The maximum absolute atomic E-state index is 6.21. The van der Waals surface area contributed by atoms with Crippen LogP contribution in [0.1, 0.15) is 79.1 Å². The first kappa shape index (κ1) is 18.4. The van der Waals surface area contributed by atoms with E-state index in [4.69, 9.17) is 9.47 Å². The number of nitrogens with one attached hydrogen (secondary N) is 1. The molecule has 4 heteroatoms. The van der Waals surface area contributed by atoms with Crippen molar-refractivity contribution < 1.29 is 9.47 Å². The summed E-state index contributed by atoms with van der Waals surface area (Å²) in [4.78, 5) is 0. The predicted molar refractivity (Wildman–Crippen MR) is 96.6 cm³/mol. The van der Waals surface area contributed by atoms with Crippen LogP contribution >= 0.6 is 0 Å². The number of rotatable bonds is 6. The fourth-order valence-corrected chi connectivity index (χ4v) is 5.30. The fourth-order valence-electron chi connectivity index (χ4n) is 4.39. The Morgan fingerprint density at radius 3 is 2.36 bits per heavy atom. The molecule has 2 fully saturated rings. The lowest BCUT2D eigenvalue weighted by atomic mass is 9.81. The van der Waals surface area contributed by atoms with Crippen molar-refractivity contribution >= 4 is 10.2 Å². The van der Waals surface area contributed by atoms with Crippen molar-refractivity contribution in [1.29, 1.82) is 0 Å². The first-order chi connectivity index (χ1) is 10.2. The van der Waals surface area contributed by atoms with Crippen molar-refractivity contribution in [3.8, 4) is 0 Å². The summed E-state index contributed by atoms with van der Waals surface area (Å²) in [5.74, 6) is 0. The highest BCUT2D eigenvalue weighted by atomic mass is 28.1. The number of unbranched alkanes of at least 4 members (excludes halogenated alkanes) is 1. The maximum Gasteiger partial charge on any atom is 0.0609 e. The first-order valence-electron chi connectivity index (χ1n) is 9.25. The first-order valence-corrected chi connectivity index (χ1v) is 10.2. The van der Waals surface area contributed by atoms with Gasteiger partial charge in [0.25, 0.3) is 0 Å². The number of hydrogen-bond donors (Lipinski definition) is 1. The monoisotopic (exact) mass is 327 g/mol. The zero-order valence-electron chi connectivity index (χ0n) is 15.5. The molecule has 2 heterocycles. The molecule has 3 nitrogen and oxygen atoms in total. The van der Waals surface area contributed by atoms with Gasteiger partial charge in [0.05, 0.1) is 6.10 Å². The van der Waals surface area contributed by atoms with Gasteiger partial charge in [0, 0.05) is 39.8 Å². The summed E-state index contributed by atoms with van der Waals surface area (Å²) >= 11 is 0. The van der Waals surface area contributed by atoms with Crippen LogP contribution in [0, 0.1) is 0 Å². The highest BCUT2D eigenvalue weighted by molar-refractivity contribution is 6.14. The molecule has 0 aromatic carbocycles. The molecule has 0 bridgehead atoms. The van der Waals surface area contributed by atoms with Crippen LogP contribution in [-0.2, 0) is 9.47 Å². The zero-order valence-corrected chi connectivity index (χ0v) is 17.5. The molecule has 22 heavy (non-hydrogen) atoms. The van der Waals surface area contributed by atoms with Gasteiger partial charge in [-0.3, -0.25) is 0 Å². The van der Waals surface area contributed by atoms with E-state index in [0.717, 1.165) is 26.1 Å². The van der Waals surface area contributed by atoms with Gasteiger partial charge in [0.1, 0.15) is 0 Å². The third-order valence-electron chi connectivity index (χ3n) is 5.16. The Morgan fingerprint density at radius 2 is 1.77 bits per heavy atom. The Kier molecular flexibility index (Phi) is 6.14. The Hall–Kier alpha value is 0.0969. The third-order valence-corrected chi connectivity index (χ3v) is 6.45. The molecule has 2 saturated heterocycles. The second kappa shape index (κ2) is 7.33. The Bertz CT molecular complexity index is 335. The van der Waals surface area contributed by atoms with Gasteiger partial charge in [-0.25, -0.2) is 0 Å². The van der Waals surface area contributed by atoms with E-state index < -0.39 is 0 Å². The summed E-state index contributed by atoms with van der Waals surface area (Å²) in [7, 11) is 1.17. The fraction of sp³-hybridized carbons (Fsp3) is 1.00. The number of ether oxygens (including phenoxy) is 2. The quantitative estimate of drug-likeness (QED) is 0.601. The zero-order chi connectivity index (χ0) is 16.3. The molecule has 1 unspecified atom stereocenters. The van der Waals surface area contributed by atoms with Crippen LogP contribution in [0.2, 0.25) is 0 Å². The minimum atomic E-state index is 0.182. The second-order valence-electron chi connectivity index (χ2n) is 9.01. The van der Waals surface area contributed by atoms with Crippen molar-refractivity contribution in [2.75, 3.05) is 13.2 Å². The van der Waals surface area contributed by atoms with E-state index in [-0.39, 0.29) is 16.3 Å². The van der Waals surface area contributed by atoms with E-state index >= 15 is 0 Å². The predicted octanol–water partition coefficient (Wildman–Crippen LogP) is 2.74. The van der Waals surface area contributed by atoms with Crippen LogP contribution in [0.4, 0.5) is 0 Å². The molecule has 0 saturated carbocycles. The van der Waals surface area contributed by atoms with Gasteiger partial charge >= 0.3 is 0 Å². The Labute approximate surface area is 140 Å². The van der Waals surface area contributed by atoms with Crippen LogP contribution in [0.3, 0.4) is 0 Å². The maximum atomic E-state index is 6.21. The smallest absolute Gasteiger partial charge is 0.0609 e. The molecule has 130 valence electrons. The second-order valence-corrected chi connectivity index (χ2v) is 10.8. The van der Waals surface area contributed by atoms with Gasteiger partial charge in [-0.15, -0.1) is 0 Å². The lowest BCUT2D eigenvalue weighted by Gasteiger charge is -2.46. The van der Waals surface area contributed by atoms with E-state index in [1.165, 1.54) is 48.8 Å². The molecule has 0 aromatic heterocycles. The molecule has 0 aliphatic carbocycles. The van der Waals surface area contributed by atoms with Crippen molar-refractivity contribution in [3.05, 3.63) is 0 Å². The molecule has 1 N–H and O–H groups in total. The molecule has 0 aromatic rings. The molecule has 0 spiro atoms. The number of hydrogen-bond acceptors (Lipinski definition) is 3. The summed E-state index contributed by atoms with van der Waals surface area (Å²) in [6.07, 6.45) is 10.2. The standard InChI is InChI=1S/C18H37NO2Si/c1-16(2)13-15(14-17(3,4)19-16)20-11-7-5-9-18(22)10-6-8-12-21-18/h15,19H,5-14H2,1-4,22H3. The highest BCUT2D eigenvalue weighted by Crippen LogP contribution is 2.31. The van der Waals surface area contributed by atoms with Crippen molar-refractivity contribution in [1.82, 2.24) is 5.32 Å². The average Bonchev–Trinajstić information content (AvgIpc) is 2.35. The van der Waals surface area contributed by atoms with Gasteiger partial charge < -0.3 is 14.8 Å². The lowest BCUT2D eigenvalue weighted by Crippen LogP contribution is -2.59. The molecular weight excluding hydrogens is 290 g/mol. The molecule has 2 aliphatic heterocycles. The molecule has 0 amide bonds. The normalized spacial score (nSPS) is 32.2. The average molecular weight is 328 g/mol. The van der Waals surface area contributed by atoms with Gasteiger partial charge in [0.2, 0.25) is 0 Å². The minimum Gasteiger partial charge on any atom is -0.380 e. The summed E-state index contributed by atoms with van der Waals surface area (Å²) in [5, 5.41) is 3.99. The molecular formula is C18H37NO2Si. The van der Waals surface area contributed by atoms with Gasteiger partial charge in [-0.05, 0) is 79.1 Å². The lowest BCUT2D eigenvalue weighted by molar-refractivity contribution is -0.0337. The Morgan fingerprint density at radius 1 is 1.09 bits per heavy atom. The van der Waals surface area contributed by atoms with E-state index in [9.17, 15) is 0 Å². The van der Waals surface area contributed by atoms with Crippen molar-refractivity contribution in [3.63, 3.8) is 0 Å². The summed E-state index contributed by atoms with van der Waals surface area (Å²) < 4.78 is 12.2. The SMILES string of the molecule is CC1(C)CC(OCCCCC2([SiH3])CCCCO2)CC(C)(C)N1. The third kappa shape index (κ3) is 5.95. The van der Waals surface area contributed by atoms with E-state index in [0.29, 0.717) is 6.10 Å². The van der Waals surface area contributed by atoms with E-state index in [2.05, 4.69) is 33.0 Å². The summed E-state index contributed by atoms with van der Waals surface area (Å²) in [6, 6.07) is 0. The Balaban J connectivity index is 1.64. The van der Waals surface area contributed by atoms with Gasteiger partial charge in [0.15, 0.2) is 0 Å². The molecule has 1 atom stereocenters. The topological polar surface area (TPSA) is 30.5 Å². The molecule has 2 rings (SSSR count). The van der Waals surface area contributed by atoms with Crippen LogP contribution in [0.25, 0.3) is 0 Å². The van der Waals surface area contributed by atoms with Gasteiger partial charge in [-0.2, -0.15) is 0 Å². The van der Waals surface area contributed by atoms with Gasteiger partial charge in [-0.1, -0.05) is 0 Å². The number of piperidine rings is 1. The summed E-state index contributed by atoms with van der Waals surface area (Å²) in [5.41, 5.74) is 0.364. The van der Waals surface area contributed by atoms with Crippen molar-refractivity contribution in [2.24, 2.45) is 0 Å².